The standard InChI is InChI=1S/C14H17ClN2/c1-16-12-5-3-4-10-11-8-9(15)6-7-13(11)17(2)14(10)12/h6-8,12,16H,3-5H2,1-2H3/p+1/t12-/m0/s1. The van der Waals surface area contributed by atoms with Gasteiger partial charge in [-0.2, -0.15) is 0 Å². The summed E-state index contributed by atoms with van der Waals surface area (Å²) in [4.78, 5) is 0. The number of nitrogens with zero attached hydrogens (tertiary/aromatic N) is 1. The Kier molecular flexibility index (Phi) is 2.64. The Balaban J connectivity index is 2.33. The molecule has 0 saturated carbocycles. The first-order valence-corrected chi connectivity index (χ1v) is 6.66. The van der Waals surface area contributed by atoms with Crippen molar-refractivity contribution in [3.05, 3.63) is 34.5 Å². The van der Waals surface area contributed by atoms with E-state index in [-0.39, 0.29) is 0 Å². The zero-order valence-corrected chi connectivity index (χ0v) is 11.1. The third-order valence-electron chi connectivity index (χ3n) is 4.01. The highest BCUT2D eigenvalue weighted by Gasteiger charge is 2.27. The zero-order valence-electron chi connectivity index (χ0n) is 10.3. The van der Waals surface area contributed by atoms with Crippen LogP contribution in [0.2, 0.25) is 5.02 Å². The third-order valence-corrected chi connectivity index (χ3v) is 4.25. The second kappa shape index (κ2) is 4.04. The molecule has 2 aromatic rings. The number of halogens is 1. The quantitative estimate of drug-likeness (QED) is 0.802. The molecule has 1 heterocycles. The molecule has 1 aliphatic rings. The number of hydrogen-bond acceptors (Lipinski definition) is 0. The van der Waals surface area contributed by atoms with E-state index in [0.717, 1.165) is 5.02 Å². The Morgan fingerprint density at radius 1 is 1.41 bits per heavy atom. The number of rotatable bonds is 1. The van der Waals surface area contributed by atoms with E-state index in [1.165, 1.54) is 41.4 Å². The molecule has 1 aliphatic carbocycles. The fraction of sp³-hybridized carbons (Fsp3) is 0.429. The lowest BCUT2D eigenvalue weighted by molar-refractivity contribution is -0.672. The molecule has 0 unspecified atom stereocenters. The van der Waals surface area contributed by atoms with Gasteiger partial charge in [-0.3, -0.25) is 0 Å². The van der Waals surface area contributed by atoms with Crippen LogP contribution in [-0.4, -0.2) is 11.6 Å². The van der Waals surface area contributed by atoms with E-state index in [9.17, 15) is 0 Å². The Bertz CT molecular complexity index is 571. The van der Waals surface area contributed by atoms with Crippen LogP contribution in [0.3, 0.4) is 0 Å². The third kappa shape index (κ3) is 1.59. The minimum absolute atomic E-state index is 0.606. The maximum absolute atomic E-state index is 6.12. The van der Waals surface area contributed by atoms with Gasteiger partial charge in [-0.05, 0) is 36.6 Å². The van der Waals surface area contributed by atoms with Gasteiger partial charge in [0.25, 0.3) is 0 Å². The summed E-state index contributed by atoms with van der Waals surface area (Å²) in [5, 5.41) is 4.52. The highest BCUT2D eigenvalue weighted by molar-refractivity contribution is 6.31. The normalized spacial score (nSPS) is 19.6. The lowest BCUT2D eigenvalue weighted by atomic mass is 9.92. The minimum Gasteiger partial charge on any atom is -0.342 e. The highest BCUT2D eigenvalue weighted by Crippen LogP contribution is 2.36. The van der Waals surface area contributed by atoms with Gasteiger partial charge in [-0.1, -0.05) is 11.6 Å². The number of quaternary nitrogens is 1. The molecule has 1 aromatic heterocycles. The number of aryl methyl sites for hydroxylation is 2. The fourth-order valence-corrected chi connectivity index (χ4v) is 3.38. The topological polar surface area (TPSA) is 21.5 Å². The molecule has 2 nitrogen and oxygen atoms in total. The summed E-state index contributed by atoms with van der Waals surface area (Å²) >= 11 is 6.12. The molecular weight excluding hydrogens is 232 g/mol. The number of fused-ring (bicyclic) bond motifs is 3. The van der Waals surface area contributed by atoms with Gasteiger partial charge >= 0.3 is 0 Å². The van der Waals surface area contributed by atoms with Gasteiger partial charge < -0.3 is 9.88 Å². The molecule has 3 rings (SSSR count). The Labute approximate surface area is 107 Å². The average Bonchev–Trinajstić information content (AvgIpc) is 2.63. The number of benzene rings is 1. The van der Waals surface area contributed by atoms with Crippen LogP contribution < -0.4 is 5.32 Å². The lowest BCUT2D eigenvalue weighted by Gasteiger charge is -2.21. The van der Waals surface area contributed by atoms with Gasteiger partial charge in [0, 0.05) is 29.4 Å². The van der Waals surface area contributed by atoms with Crippen LogP contribution in [0.15, 0.2) is 18.2 Å². The van der Waals surface area contributed by atoms with E-state index in [4.69, 9.17) is 11.6 Å². The van der Waals surface area contributed by atoms with Crippen molar-refractivity contribution in [3.63, 3.8) is 0 Å². The molecule has 90 valence electrons. The molecule has 1 aromatic carbocycles. The van der Waals surface area contributed by atoms with Crippen molar-refractivity contribution < 1.29 is 5.32 Å². The molecule has 0 spiro atoms. The van der Waals surface area contributed by atoms with E-state index in [1.54, 1.807) is 0 Å². The van der Waals surface area contributed by atoms with Crippen molar-refractivity contribution in [3.8, 4) is 0 Å². The van der Waals surface area contributed by atoms with Crippen molar-refractivity contribution in [1.29, 1.82) is 0 Å². The van der Waals surface area contributed by atoms with Gasteiger partial charge in [0.05, 0.1) is 12.7 Å². The fourth-order valence-electron chi connectivity index (χ4n) is 3.21. The SMILES string of the molecule is C[NH2+][C@H]1CCCc2c1n(C)c1ccc(Cl)cc21. The van der Waals surface area contributed by atoms with E-state index in [0.29, 0.717) is 6.04 Å². The molecule has 0 amide bonds. The second-order valence-corrected chi connectivity index (χ2v) is 5.35. The summed E-state index contributed by atoms with van der Waals surface area (Å²) in [6.45, 7) is 0. The molecule has 0 saturated heterocycles. The maximum Gasteiger partial charge on any atom is 0.127 e. The Morgan fingerprint density at radius 3 is 3.00 bits per heavy atom. The van der Waals surface area contributed by atoms with Crippen LogP contribution in [0.5, 0.6) is 0 Å². The lowest BCUT2D eigenvalue weighted by Crippen LogP contribution is -2.81. The van der Waals surface area contributed by atoms with E-state index < -0.39 is 0 Å². The predicted molar refractivity (Wildman–Crippen MR) is 71.5 cm³/mol. The molecule has 0 radical (unpaired) electrons. The molecule has 0 fully saturated rings. The van der Waals surface area contributed by atoms with Gasteiger partial charge in [0.1, 0.15) is 6.04 Å². The van der Waals surface area contributed by atoms with E-state index >= 15 is 0 Å². The second-order valence-electron chi connectivity index (χ2n) is 4.92. The van der Waals surface area contributed by atoms with Crippen molar-refractivity contribution in [2.24, 2.45) is 7.05 Å². The van der Waals surface area contributed by atoms with Crippen LogP contribution in [-0.2, 0) is 13.5 Å². The summed E-state index contributed by atoms with van der Waals surface area (Å²) in [6.07, 6.45) is 3.76. The number of aromatic nitrogens is 1. The molecule has 1 atom stereocenters. The van der Waals surface area contributed by atoms with Crippen LogP contribution >= 0.6 is 11.6 Å². The van der Waals surface area contributed by atoms with Crippen LogP contribution in [0, 0.1) is 0 Å². The number of hydrogen-bond donors (Lipinski definition) is 1. The smallest absolute Gasteiger partial charge is 0.127 e. The molecule has 3 heteroatoms. The Hall–Kier alpha value is -0.990. The summed E-state index contributed by atoms with van der Waals surface area (Å²) in [7, 11) is 4.35. The summed E-state index contributed by atoms with van der Waals surface area (Å²) in [5.74, 6) is 0. The van der Waals surface area contributed by atoms with Gasteiger partial charge in [0.2, 0.25) is 0 Å². The van der Waals surface area contributed by atoms with Gasteiger partial charge in [-0.25, -0.2) is 0 Å². The van der Waals surface area contributed by atoms with Crippen LogP contribution in [0.1, 0.15) is 30.1 Å². The first kappa shape index (κ1) is 11.1. The van der Waals surface area contributed by atoms with Crippen molar-refractivity contribution >= 4 is 22.5 Å². The van der Waals surface area contributed by atoms with Gasteiger partial charge in [0.15, 0.2) is 0 Å². The zero-order chi connectivity index (χ0) is 12.0. The maximum atomic E-state index is 6.12. The molecule has 0 bridgehead atoms. The predicted octanol–water partition coefficient (Wildman–Crippen LogP) is 2.40. The molecule has 0 aliphatic heterocycles. The van der Waals surface area contributed by atoms with E-state index in [2.05, 4.69) is 36.1 Å². The van der Waals surface area contributed by atoms with E-state index in [1.807, 2.05) is 6.07 Å². The Morgan fingerprint density at radius 2 is 2.24 bits per heavy atom. The average molecular weight is 250 g/mol. The van der Waals surface area contributed by atoms with Crippen LogP contribution in [0.25, 0.3) is 10.9 Å². The van der Waals surface area contributed by atoms with Crippen molar-refractivity contribution in [2.75, 3.05) is 7.05 Å². The highest BCUT2D eigenvalue weighted by atomic mass is 35.5. The minimum atomic E-state index is 0.606. The first-order chi connectivity index (χ1) is 8.22. The number of nitrogens with two attached hydrogens (primary N) is 1. The van der Waals surface area contributed by atoms with Crippen LogP contribution in [0.4, 0.5) is 0 Å². The molecule has 17 heavy (non-hydrogen) atoms. The summed E-state index contributed by atoms with van der Waals surface area (Å²) in [6, 6.07) is 6.85. The largest absolute Gasteiger partial charge is 0.342 e. The van der Waals surface area contributed by atoms with Crippen molar-refractivity contribution in [1.82, 2.24) is 4.57 Å². The van der Waals surface area contributed by atoms with Crippen molar-refractivity contribution in [2.45, 2.75) is 25.3 Å². The summed E-state index contributed by atoms with van der Waals surface area (Å²) in [5.41, 5.74) is 4.32. The first-order valence-electron chi connectivity index (χ1n) is 6.28. The summed E-state index contributed by atoms with van der Waals surface area (Å²) < 4.78 is 2.35. The monoisotopic (exact) mass is 249 g/mol. The molecule has 2 N–H and O–H groups in total. The van der Waals surface area contributed by atoms with Gasteiger partial charge in [-0.15, -0.1) is 0 Å². The molecular formula is C14H18ClN2+.